The highest BCUT2D eigenvalue weighted by Gasteiger charge is 2.39. The first-order valence-corrected chi connectivity index (χ1v) is 6.51. The van der Waals surface area contributed by atoms with Crippen LogP contribution in [0.15, 0.2) is 49.1 Å². The monoisotopic (exact) mass is 273 g/mol. The Morgan fingerprint density at radius 3 is 2.70 bits per heavy atom. The average Bonchev–Trinajstić information content (AvgIpc) is 3.02. The highest BCUT2D eigenvalue weighted by Crippen LogP contribution is 2.27. The fourth-order valence-corrected chi connectivity index (χ4v) is 2.35. The molecule has 0 saturated heterocycles. The number of likely N-dealkylation sites (N-methyl/N-ethyl adjacent to an activating group) is 1. The molecule has 5 heteroatoms. The van der Waals surface area contributed by atoms with Gasteiger partial charge in [-0.1, -0.05) is 30.3 Å². The van der Waals surface area contributed by atoms with Crippen LogP contribution in [0.3, 0.4) is 0 Å². The molecule has 5 nitrogen and oxygen atoms in total. The summed E-state index contributed by atoms with van der Waals surface area (Å²) in [5.41, 5.74) is 0.0507. The lowest BCUT2D eigenvalue weighted by molar-refractivity contribution is -0.149. The van der Waals surface area contributed by atoms with Gasteiger partial charge >= 0.3 is 5.97 Å². The summed E-state index contributed by atoms with van der Waals surface area (Å²) in [5.74, 6) is -0.286. The van der Waals surface area contributed by atoms with Gasteiger partial charge in [-0.05, 0) is 19.0 Å². The molecule has 1 heterocycles. The second-order valence-corrected chi connectivity index (χ2v) is 4.56. The van der Waals surface area contributed by atoms with Gasteiger partial charge in [0.25, 0.3) is 0 Å². The van der Waals surface area contributed by atoms with Crippen molar-refractivity contribution in [3.63, 3.8) is 0 Å². The zero-order valence-corrected chi connectivity index (χ0v) is 11.7. The topological polar surface area (TPSA) is 56.2 Å². The van der Waals surface area contributed by atoms with E-state index >= 15 is 0 Å². The molecule has 2 aromatic rings. The van der Waals surface area contributed by atoms with E-state index in [0.717, 1.165) is 5.56 Å². The highest BCUT2D eigenvalue weighted by molar-refractivity contribution is 5.82. The molecule has 0 aliphatic carbocycles. The van der Waals surface area contributed by atoms with Gasteiger partial charge in [0.2, 0.25) is 0 Å². The van der Waals surface area contributed by atoms with Crippen molar-refractivity contribution in [1.82, 2.24) is 14.9 Å². The number of ether oxygens (including phenoxy) is 1. The number of imidazole rings is 1. The smallest absolute Gasteiger partial charge is 0.330 e. The molecule has 0 aliphatic heterocycles. The van der Waals surface area contributed by atoms with Gasteiger partial charge in [0, 0.05) is 18.9 Å². The first kappa shape index (κ1) is 14.3. The van der Waals surface area contributed by atoms with Crippen molar-refractivity contribution in [2.24, 2.45) is 0 Å². The third-order valence-corrected chi connectivity index (χ3v) is 3.53. The van der Waals surface area contributed by atoms with E-state index in [1.54, 1.807) is 19.6 Å². The third-order valence-electron chi connectivity index (χ3n) is 3.53. The molecule has 1 N–H and O–H groups in total. The normalized spacial score (nSPS) is 13.7. The number of carbonyl (C=O) groups excluding carboxylic acids is 1. The quantitative estimate of drug-likeness (QED) is 0.812. The number of methoxy groups -OCH3 is 1. The molecule has 1 atom stereocenters. The number of aromatic nitrogens is 2. The maximum absolute atomic E-state index is 12.3. The highest BCUT2D eigenvalue weighted by atomic mass is 16.5. The number of benzene rings is 1. The van der Waals surface area contributed by atoms with Crippen LogP contribution < -0.4 is 5.32 Å². The van der Waals surface area contributed by atoms with Gasteiger partial charge in [-0.3, -0.25) is 0 Å². The van der Waals surface area contributed by atoms with E-state index in [1.165, 1.54) is 7.11 Å². The lowest BCUT2D eigenvalue weighted by Gasteiger charge is -2.31. The number of esters is 1. The van der Waals surface area contributed by atoms with Crippen LogP contribution in [0.5, 0.6) is 0 Å². The van der Waals surface area contributed by atoms with Crippen LogP contribution in [0, 0.1) is 0 Å². The summed E-state index contributed by atoms with van der Waals surface area (Å²) in [7, 11) is 3.19. The number of nitrogens with one attached hydrogen (secondary N) is 1. The molecule has 1 aromatic carbocycles. The van der Waals surface area contributed by atoms with Gasteiger partial charge in [0.1, 0.15) is 5.54 Å². The number of hydrogen-bond donors (Lipinski definition) is 1. The lowest BCUT2D eigenvalue weighted by Crippen LogP contribution is -2.48. The molecule has 106 valence electrons. The summed E-state index contributed by atoms with van der Waals surface area (Å²) in [6.07, 6.45) is 5.92. The molecule has 20 heavy (non-hydrogen) atoms. The van der Waals surface area contributed by atoms with E-state index in [1.807, 2.05) is 41.1 Å². The molecule has 0 radical (unpaired) electrons. The molecule has 0 saturated carbocycles. The van der Waals surface area contributed by atoms with Crippen LogP contribution in [0.1, 0.15) is 12.0 Å². The van der Waals surface area contributed by atoms with Crippen molar-refractivity contribution >= 4 is 5.97 Å². The minimum Gasteiger partial charge on any atom is -0.467 e. The minimum atomic E-state index is -0.847. The Morgan fingerprint density at radius 2 is 2.15 bits per heavy atom. The second-order valence-electron chi connectivity index (χ2n) is 4.56. The lowest BCUT2D eigenvalue weighted by atomic mass is 9.86. The molecule has 0 amide bonds. The number of aryl methyl sites for hydroxylation is 1. The predicted octanol–water partition coefficient (Wildman–Crippen LogP) is 1.56. The number of hydrogen-bond acceptors (Lipinski definition) is 4. The van der Waals surface area contributed by atoms with Crippen molar-refractivity contribution in [1.29, 1.82) is 0 Å². The van der Waals surface area contributed by atoms with E-state index in [2.05, 4.69) is 10.3 Å². The van der Waals surface area contributed by atoms with E-state index < -0.39 is 5.54 Å². The van der Waals surface area contributed by atoms with E-state index in [9.17, 15) is 4.79 Å². The summed E-state index contributed by atoms with van der Waals surface area (Å²) >= 11 is 0. The van der Waals surface area contributed by atoms with Gasteiger partial charge < -0.3 is 14.6 Å². The fraction of sp³-hybridized carbons (Fsp3) is 0.333. The second kappa shape index (κ2) is 6.34. The SMILES string of the molecule is CNC(CCn1ccnc1)(C(=O)OC)c1ccccc1. The maximum Gasteiger partial charge on any atom is 0.330 e. The number of rotatable bonds is 6. The van der Waals surface area contributed by atoms with E-state index in [-0.39, 0.29) is 5.97 Å². The largest absolute Gasteiger partial charge is 0.467 e. The molecule has 1 aromatic heterocycles. The zero-order valence-electron chi connectivity index (χ0n) is 11.7. The molecule has 0 spiro atoms. The van der Waals surface area contributed by atoms with Gasteiger partial charge in [-0.25, -0.2) is 9.78 Å². The fourth-order valence-electron chi connectivity index (χ4n) is 2.35. The Bertz CT molecular complexity index is 540. The van der Waals surface area contributed by atoms with Crippen molar-refractivity contribution in [2.45, 2.75) is 18.5 Å². The van der Waals surface area contributed by atoms with Crippen LogP contribution in [-0.2, 0) is 21.6 Å². The molecular weight excluding hydrogens is 254 g/mol. The van der Waals surface area contributed by atoms with Crippen molar-refractivity contribution in [3.8, 4) is 0 Å². The van der Waals surface area contributed by atoms with E-state index in [0.29, 0.717) is 13.0 Å². The van der Waals surface area contributed by atoms with Crippen molar-refractivity contribution < 1.29 is 9.53 Å². The average molecular weight is 273 g/mol. The standard InChI is InChI=1S/C15H19N3O2/c1-16-15(14(19)20-2,13-6-4-3-5-7-13)8-10-18-11-9-17-12-18/h3-7,9,11-12,16H,8,10H2,1-2H3. The van der Waals surface area contributed by atoms with Crippen LogP contribution in [0.2, 0.25) is 0 Å². The third kappa shape index (κ3) is 2.72. The summed E-state index contributed by atoms with van der Waals surface area (Å²) in [5, 5.41) is 3.14. The Hall–Kier alpha value is -2.14. The molecular formula is C15H19N3O2. The Balaban J connectivity index is 2.30. The summed E-state index contributed by atoms with van der Waals surface area (Å²) in [6, 6.07) is 9.63. The van der Waals surface area contributed by atoms with Gasteiger partial charge in [-0.2, -0.15) is 0 Å². The molecule has 0 bridgehead atoms. The Morgan fingerprint density at radius 1 is 1.40 bits per heavy atom. The number of carbonyl (C=O) groups is 1. The first-order valence-electron chi connectivity index (χ1n) is 6.51. The number of nitrogens with zero attached hydrogens (tertiary/aromatic N) is 2. The van der Waals surface area contributed by atoms with E-state index in [4.69, 9.17) is 4.74 Å². The molecule has 2 rings (SSSR count). The Labute approximate surface area is 118 Å². The van der Waals surface area contributed by atoms with Crippen LogP contribution >= 0.6 is 0 Å². The van der Waals surface area contributed by atoms with Gasteiger partial charge in [0.15, 0.2) is 0 Å². The summed E-state index contributed by atoms with van der Waals surface area (Å²) < 4.78 is 6.95. The zero-order chi connectivity index (χ0) is 14.4. The molecule has 1 unspecified atom stereocenters. The first-order chi connectivity index (χ1) is 9.73. The van der Waals surface area contributed by atoms with Crippen LogP contribution in [0.4, 0.5) is 0 Å². The summed E-state index contributed by atoms with van der Waals surface area (Å²) in [4.78, 5) is 16.3. The van der Waals surface area contributed by atoms with Crippen molar-refractivity contribution in [2.75, 3.05) is 14.2 Å². The summed E-state index contributed by atoms with van der Waals surface area (Å²) in [6.45, 7) is 0.671. The van der Waals surface area contributed by atoms with Crippen LogP contribution in [-0.4, -0.2) is 29.7 Å². The van der Waals surface area contributed by atoms with Crippen LogP contribution in [0.25, 0.3) is 0 Å². The van der Waals surface area contributed by atoms with Gasteiger partial charge in [-0.15, -0.1) is 0 Å². The minimum absolute atomic E-state index is 0.286. The molecule has 0 fully saturated rings. The maximum atomic E-state index is 12.3. The van der Waals surface area contributed by atoms with Gasteiger partial charge in [0.05, 0.1) is 13.4 Å². The molecule has 0 aliphatic rings. The predicted molar refractivity (Wildman–Crippen MR) is 76.0 cm³/mol. The van der Waals surface area contributed by atoms with Crippen molar-refractivity contribution in [3.05, 3.63) is 54.6 Å². The Kier molecular flexibility index (Phi) is 4.53.